The summed E-state index contributed by atoms with van der Waals surface area (Å²) in [5.74, 6) is 4.33. The molecule has 1 saturated carbocycles. The van der Waals surface area contributed by atoms with Crippen LogP contribution in [0.2, 0.25) is 0 Å². The summed E-state index contributed by atoms with van der Waals surface area (Å²) < 4.78 is 6.55. The van der Waals surface area contributed by atoms with Gasteiger partial charge in [-0.3, -0.25) is 9.88 Å². The summed E-state index contributed by atoms with van der Waals surface area (Å²) in [6.45, 7) is 6.08. The smallest absolute Gasteiger partial charge is 0.319 e. The molecule has 0 spiro atoms. The van der Waals surface area contributed by atoms with Crippen molar-refractivity contribution < 1.29 is 4.74 Å². The molecule has 1 N–H and O–H groups in total. The predicted molar refractivity (Wildman–Crippen MR) is 179 cm³/mol. The molecule has 2 aliphatic heterocycles. The first kappa shape index (κ1) is 28.5. The molecule has 1 aliphatic carbocycles. The van der Waals surface area contributed by atoms with Gasteiger partial charge < -0.3 is 15.0 Å². The Morgan fingerprint density at radius 1 is 1.14 bits per heavy atom. The van der Waals surface area contributed by atoms with Gasteiger partial charge in [0.15, 0.2) is 0 Å². The van der Waals surface area contributed by atoms with Crippen LogP contribution in [0.15, 0.2) is 42.6 Å². The first-order valence-corrected chi connectivity index (χ1v) is 16.1. The van der Waals surface area contributed by atoms with E-state index in [0.717, 1.165) is 69.3 Å². The second-order valence-electron chi connectivity index (χ2n) is 13.2. The van der Waals surface area contributed by atoms with Crippen molar-refractivity contribution in [3.8, 4) is 29.6 Å². The summed E-state index contributed by atoms with van der Waals surface area (Å²) in [4.78, 5) is 20.0. The maximum atomic E-state index is 6.55. The molecule has 8 heteroatoms. The van der Waals surface area contributed by atoms with E-state index < -0.39 is 0 Å². The van der Waals surface area contributed by atoms with Crippen LogP contribution in [0.3, 0.4) is 0 Å². The lowest BCUT2D eigenvalue weighted by atomic mass is 9.75. The van der Waals surface area contributed by atoms with Crippen LogP contribution < -0.4 is 15.4 Å². The van der Waals surface area contributed by atoms with Gasteiger partial charge in [0.2, 0.25) is 0 Å². The van der Waals surface area contributed by atoms with E-state index in [1.165, 1.54) is 38.5 Å². The van der Waals surface area contributed by atoms with Gasteiger partial charge in [-0.15, -0.1) is 15.7 Å². The topological polar surface area (TPSA) is 66.4 Å². The van der Waals surface area contributed by atoms with Gasteiger partial charge in [0.25, 0.3) is 0 Å². The normalized spacial score (nSPS) is 22.9. The number of nitrogens with one attached hydrogen (secondary N) is 1. The van der Waals surface area contributed by atoms with Crippen molar-refractivity contribution in [1.29, 1.82) is 0 Å². The van der Waals surface area contributed by atoms with Gasteiger partial charge in [0, 0.05) is 46.6 Å². The molecule has 3 fully saturated rings. The molecule has 2 aromatic heterocycles. The Balaban J connectivity index is 1.31. The zero-order valence-corrected chi connectivity index (χ0v) is 26.6. The quantitative estimate of drug-likeness (QED) is 0.215. The first-order chi connectivity index (χ1) is 20.8. The number of hydrogen-bond donors (Lipinski definition) is 1. The Morgan fingerprint density at radius 3 is 2.70 bits per heavy atom. The maximum Gasteiger partial charge on any atom is 0.319 e. The molecule has 0 amide bonds. The molecule has 7 nitrogen and oxygen atoms in total. The van der Waals surface area contributed by atoms with Crippen LogP contribution >= 0.6 is 9.24 Å². The van der Waals surface area contributed by atoms with Crippen LogP contribution in [0.25, 0.3) is 32.9 Å². The van der Waals surface area contributed by atoms with Crippen LogP contribution in [0.5, 0.6) is 6.01 Å². The van der Waals surface area contributed by atoms with E-state index in [1.807, 2.05) is 18.3 Å². The highest BCUT2D eigenvalue weighted by Gasteiger charge is 2.48. The molecular weight excluding hydrogens is 551 g/mol. The Kier molecular flexibility index (Phi) is 7.29. The Labute approximate surface area is 257 Å². The molecule has 0 bridgehead atoms. The van der Waals surface area contributed by atoms with Crippen molar-refractivity contribution in [2.24, 2.45) is 5.92 Å². The van der Waals surface area contributed by atoms with Gasteiger partial charge in [-0.1, -0.05) is 43.2 Å². The summed E-state index contributed by atoms with van der Waals surface area (Å²) in [7, 11) is 7.26. The third-order valence-corrected chi connectivity index (χ3v) is 10.9. The van der Waals surface area contributed by atoms with Gasteiger partial charge >= 0.3 is 6.01 Å². The van der Waals surface area contributed by atoms with Crippen molar-refractivity contribution in [2.75, 3.05) is 45.7 Å². The number of pyridine rings is 1. The molecule has 43 heavy (non-hydrogen) atoms. The Bertz CT molecular complexity index is 1740. The van der Waals surface area contributed by atoms with Gasteiger partial charge in [-0.25, -0.2) is 0 Å². The first-order valence-electron chi connectivity index (χ1n) is 15.6. The summed E-state index contributed by atoms with van der Waals surface area (Å²) in [6, 6.07) is 12.8. The maximum absolute atomic E-state index is 6.55. The van der Waals surface area contributed by atoms with Crippen LogP contribution in [0, 0.1) is 18.3 Å². The van der Waals surface area contributed by atoms with Crippen molar-refractivity contribution >= 4 is 42.0 Å². The highest BCUT2D eigenvalue weighted by Crippen LogP contribution is 2.42. The van der Waals surface area contributed by atoms with Gasteiger partial charge in [0.05, 0.1) is 22.1 Å². The van der Waals surface area contributed by atoms with E-state index in [9.17, 15) is 0 Å². The van der Waals surface area contributed by atoms with E-state index in [2.05, 4.69) is 75.6 Å². The number of benzene rings is 2. The van der Waals surface area contributed by atoms with Gasteiger partial charge in [0.1, 0.15) is 12.4 Å². The monoisotopic (exact) mass is 592 g/mol. The fraction of sp³-hybridized carbons (Fsp3) is 0.457. The number of aromatic nitrogens is 3. The van der Waals surface area contributed by atoms with Gasteiger partial charge in [-0.05, 0) is 76.5 Å². The average Bonchev–Trinajstić information content (AvgIpc) is 3.50. The minimum absolute atomic E-state index is 0.0913. The summed E-state index contributed by atoms with van der Waals surface area (Å²) in [5.41, 5.74) is 3.74. The molecule has 4 heterocycles. The second kappa shape index (κ2) is 11.0. The number of ether oxygens (including phenoxy) is 1. The molecule has 222 valence electrons. The molecule has 0 radical (unpaired) electrons. The highest BCUT2D eigenvalue weighted by molar-refractivity contribution is 7.28. The SMILES string of the molecule is C#Cc1cccc2cccc(-c3ncc4c(NCC5(N(C)C)CCC5)nc(OC[C@@]56CCCN5C[C@H](C)C6)nc4c3P)c12. The standard InChI is InChI=1S/C35H41N6OP/c1-5-24-10-6-11-25-12-7-13-26(28(24)25)29-31(43)30-27(19-36-29)32(37-21-34(40(3)4)14-8-15-34)39-33(38-30)42-22-35-16-9-17-41(35)20-23(2)18-35/h1,6-7,10-13,19,23H,8-9,14-18,20-22,43H2,2-4H3,(H,37,38,39)/t23-,35+/m1/s1. The number of fused-ring (bicyclic) bond motifs is 3. The summed E-state index contributed by atoms with van der Waals surface area (Å²) >= 11 is 0. The van der Waals surface area contributed by atoms with Crippen molar-refractivity contribution in [2.45, 2.75) is 56.5 Å². The second-order valence-corrected chi connectivity index (χ2v) is 13.8. The third kappa shape index (κ3) is 4.85. The highest BCUT2D eigenvalue weighted by atomic mass is 31.0. The van der Waals surface area contributed by atoms with E-state index in [4.69, 9.17) is 26.1 Å². The number of rotatable bonds is 8. The van der Waals surface area contributed by atoms with E-state index in [1.54, 1.807) is 0 Å². The minimum atomic E-state index is 0.0913. The minimum Gasteiger partial charge on any atom is -0.461 e. The van der Waals surface area contributed by atoms with Crippen molar-refractivity contribution in [3.05, 3.63) is 48.2 Å². The van der Waals surface area contributed by atoms with E-state index in [0.29, 0.717) is 18.5 Å². The summed E-state index contributed by atoms with van der Waals surface area (Å²) in [5, 5.41) is 7.63. The number of nitrogens with zero attached hydrogens (tertiary/aromatic N) is 5. The lowest BCUT2D eigenvalue weighted by Gasteiger charge is -2.47. The fourth-order valence-electron chi connectivity index (χ4n) is 7.80. The zero-order valence-electron chi connectivity index (χ0n) is 25.5. The molecule has 3 atom stereocenters. The molecule has 1 unspecified atom stereocenters. The lowest BCUT2D eigenvalue weighted by molar-refractivity contribution is 0.0738. The lowest BCUT2D eigenvalue weighted by Crippen LogP contribution is -2.54. The number of likely N-dealkylation sites (N-methyl/N-ethyl adjacent to an activating group) is 1. The Hall–Kier alpha value is -3.30. The third-order valence-electron chi connectivity index (χ3n) is 10.4. The largest absolute Gasteiger partial charge is 0.461 e. The van der Waals surface area contributed by atoms with Crippen molar-refractivity contribution in [3.63, 3.8) is 0 Å². The van der Waals surface area contributed by atoms with Crippen LogP contribution in [-0.2, 0) is 0 Å². The Morgan fingerprint density at radius 2 is 1.95 bits per heavy atom. The van der Waals surface area contributed by atoms with E-state index >= 15 is 0 Å². The van der Waals surface area contributed by atoms with Gasteiger partial charge in [-0.2, -0.15) is 9.97 Å². The predicted octanol–water partition coefficient (Wildman–Crippen LogP) is 5.48. The van der Waals surface area contributed by atoms with Crippen LogP contribution in [0.4, 0.5) is 5.82 Å². The van der Waals surface area contributed by atoms with Crippen molar-refractivity contribution in [1.82, 2.24) is 24.8 Å². The molecule has 3 aliphatic rings. The van der Waals surface area contributed by atoms with Crippen LogP contribution in [-0.4, -0.2) is 76.2 Å². The summed E-state index contributed by atoms with van der Waals surface area (Å²) in [6.07, 6.45) is 15.0. The molecule has 2 aromatic carbocycles. The number of terminal acetylenes is 1. The fourth-order valence-corrected chi connectivity index (χ4v) is 8.25. The average molecular weight is 593 g/mol. The number of hydrogen-bond acceptors (Lipinski definition) is 7. The van der Waals surface area contributed by atoms with E-state index in [-0.39, 0.29) is 11.1 Å². The molecule has 7 rings (SSSR count). The molecule has 4 aromatic rings. The van der Waals surface area contributed by atoms with Crippen LogP contribution in [0.1, 0.15) is 51.0 Å². The zero-order chi connectivity index (χ0) is 29.8. The molecular formula is C35H41N6OP. The molecule has 2 saturated heterocycles. The number of anilines is 1.